The molecule has 0 N–H and O–H groups in total. The molecule has 4 rings (SSSR count). The molecule has 8 heteroatoms. The summed E-state index contributed by atoms with van der Waals surface area (Å²) in [6.45, 7) is 5.23. The minimum atomic E-state index is -4.31. The summed E-state index contributed by atoms with van der Waals surface area (Å²) in [6, 6.07) is 15.2. The summed E-state index contributed by atoms with van der Waals surface area (Å²) >= 11 is 0. The Morgan fingerprint density at radius 3 is 2.16 bits per heavy atom. The summed E-state index contributed by atoms with van der Waals surface area (Å²) in [6.07, 6.45) is -2.58. The second kappa shape index (κ2) is 9.32. The van der Waals surface area contributed by atoms with Gasteiger partial charge < -0.3 is 0 Å². The summed E-state index contributed by atoms with van der Waals surface area (Å²) in [5.41, 5.74) is 1.20. The number of rotatable bonds is 6. The highest BCUT2D eigenvalue weighted by Crippen LogP contribution is 2.30. The number of benzene rings is 2. The minimum absolute atomic E-state index is 0.0847. The smallest absolute Gasteiger partial charge is 0.299 e. The van der Waals surface area contributed by atoms with Crippen molar-refractivity contribution >= 4 is 0 Å². The predicted octanol–water partition coefficient (Wildman–Crippen LogP) is 4.51. The summed E-state index contributed by atoms with van der Waals surface area (Å²) in [5, 5.41) is 4.68. The van der Waals surface area contributed by atoms with E-state index >= 15 is 0 Å². The Morgan fingerprint density at radius 1 is 0.938 bits per heavy atom. The first kappa shape index (κ1) is 22.3. The van der Waals surface area contributed by atoms with Crippen molar-refractivity contribution in [1.29, 1.82) is 0 Å². The molecule has 0 atom stereocenters. The van der Waals surface area contributed by atoms with Crippen molar-refractivity contribution < 1.29 is 13.2 Å². The van der Waals surface area contributed by atoms with Gasteiger partial charge in [0, 0.05) is 19.0 Å². The molecule has 0 amide bonds. The Balaban J connectivity index is 1.40. The lowest BCUT2D eigenvalue weighted by molar-refractivity contribution is -0.137. The quantitative estimate of drug-likeness (QED) is 0.562. The van der Waals surface area contributed by atoms with Crippen LogP contribution in [0.25, 0.3) is 0 Å². The molecule has 2 heterocycles. The van der Waals surface area contributed by atoms with Crippen LogP contribution < -0.4 is 5.69 Å². The van der Waals surface area contributed by atoms with E-state index in [1.165, 1.54) is 0 Å². The van der Waals surface area contributed by atoms with Crippen molar-refractivity contribution in [2.75, 3.05) is 13.1 Å². The lowest BCUT2D eigenvalue weighted by Crippen LogP contribution is -2.33. The summed E-state index contributed by atoms with van der Waals surface area (Å²) in [5.74, 6) is 1.03. The van der Waals surface area contributed by atoms with Gasteiger partial charge in [0.1, 0.15) is 5.82 Å². The molecule has 0 saturated carbocycles. The molecule has 1 aliphatic heterocycles. The maximum Gasteiger partial charge on any atom is 0.416 e. The highest BCUT2D eigenvalue weighted by atomic mass is 19.4. The van der Waals surface area contributed by atoms with Crippen molar-refractivity contribution in [2.45, 2.75) is 51.5 Å². The van der Waals surface area contributed by atoms with E-state index in [9.17, 15) is 18.0 Å². The Labute approximate surface area is 185 Å². The SMILES string of the molecule is CCn1c(C2CCN(Cc3ccc(C(F)(F)F)cc3)CC2)nn(Cc2ccccc2)c1=O. The second-order valence-electron chi connectivity index (χ2n) is 8.27. The van der Waals surface area contributed by atoms with Crippen LogP contribution in [0.4, 0.5) is 13.2 Å². The van der Waals surface area contributed by atoms with Crippen LogP contribution in [0.15, 0.2) is 59.4 Å². The van der Waals surface area contributed by atoms with Gasteiger partial charge in [0.15, 0.2) is 0 Å². The molecule has 5 nitrogen and oxygen atoms in total. The fourth-order valence-electron chi connectivity index (χ4n) is 4.32. The Bertz CT molecular complexity index is 1080. The number of hydrogen-bond acceptors (Lipinski definition) is 3. The van der Waals surface area contributed by atoms with Gasteiger partial charge in [-0.3, -0.25) is 9.47 Å². The summed E-state index contributed by atoms with van der Waals surface area (Å²) in [7, 11) is 0. The molecule has 1 aromatic heterocycles. The van der Waals surface area contributed by atoms with Crippen molar-refractivity contribution in [1.82, 2.24) is 19.2 Å². The Morgan fingerprint density at radius 2 is 1.56 bits per heavy atom. The van der Waals surface area contributed by atoms with Crippen molar-refractivity contribution in [3.8, 4) is 0 Å². The first-order valence-corrected chi connectivity index (χ1v) is 10.9. The average Bonchev–Trinajstić information content (AvgIpc) is 3.10. The van der Waals surface area contributed by atoms with Crippen LogP contribution in [0.2, 0.25) is 0 Å². The zero-order valence-electron chi connectivity index (χ0n) is 18.1. The molecular formula is C24H27F3N4O. The number of hydrogen-bond donors (Lipinski definition) is 0. The second-order valence-corrected chi connectivity index (χ2v) is 8.27. The van der Waals surface area contributed by atoms with E-state index in [0.717, 1.165) is 55.0 Å². The van der Waals surface area contributed by atoms with Gasteiger partial charge in [0.2, 0.25) is 0 Å². The molecule has 170 valence electrons. The van der Waals surface area contributed by atoms with E-state index in [-0.39, 0.29) is 11.6 Å². The Hall–Kier alpha value is -2.87. The molecule has 1 fully saturated rings. The third-order valence-corrected chi connectivity index (χ3v) is 6.08. The maximum absolute atomic E-state index is 12.8. The Kier molecular flexibility index (Phi) is 6.50. The first-order valence-electron chi connectivity index (χ1n) is 10.9. The molecule has 1 saturated heterocycles. The van der Waals surface area contributed by atoms with Crippen LogP contribution in [0, 0.1) is 0 Å². The van der Waals surface area contributed by atoms with Crippen LogP contribution in [0.3, 0.4) is 0 Å². The van der Waals surface area contributed by atoms with Gasteiger partial charge in [0.05, 0.1) is 12.1 Å². The highest BCUT2D eigenvalue weighted by molar-refractivity contribution is 5.24. The number of nitrogens with zero attached hydrogens (tertiary/aromatic N) is 4. The largest absolute Gasteiger partial charge is 0.416 e. The van der Waals surface area contributed by atoms with Gasteiger partial charge >= 0.3 is 11.9 Å². The fraction of sp³-hybridized carbons (Fsp3) is 0.417. The van der Waals surface area contributed by atoms with E-state index in [1.807, 2.05) is 37.3 Å². The van der Waals surface area contributed by atoms with Gasteiger partial charge in [-0.1, -0.05) is 42.5 Å². The van der Waals surface area contributed by atoms with Gasteiger partial charge in [0.25, 0.3) is 0 Å². The minimum Gasteiger partial charge on any atom is -0.299 e. The maximum atomic E-state index is 12.8. The fourth-order valence-corrected chi connectivity index (χ4v) is 4.32. The van der Waals surface area contributed by atoms with Gasteiger partial charge in [-0.2, -0.15) is 18.3 Å². The van der Waals surface area contributed by atoms with Crippen LogP contribution in [0.1, 0.15) is 48.2 Å². The molecular weight excluding hydrogens is 417 g/mol. The van der Waals surface area contributed by atoms with Crippen LogP contribution in [-0.2, 0) is 25.8 Å². The lowest BCUT2D eigenvalue weighted by atomic mass is 9.95. The first-order chi connectivity index (χ1) is 15.3. The van der Waals surface area contributed by atoms with Gasteiger partial charge in [-0.25, -0.2) is 9.48 Å². The standard InChI is InChI=1S/C24H27F3N4O/c1-2-30-22(28-31(23(30)32)17-18-6-4-3-5-7-18)20-12-14-29(15-13-20)16-19-8-10-21(11-9-19)24(25,26)27/h3-11,20H,2,12-17H2,1H3. The molecule has 3 aromatic rings. The number of piperidine rings is 1. The van der Waals surface area contributed by atoms with Crippen LogP contribution in [-0.4, -0.2) is 32.3 Å². The average molecular weight is 445 g/mol. The van der Waals surface area contributed by atoms with E-state index in [0.29, 0.717) is 19.6 Å². The predicted molar refractivity (Wildman–Crippen MR) is 116 cm³/mol. The topological polar surface area (TPSA) is 43.1 Å². The number of alkyl halides is 3. The molecule has 0 bridgehead atoms. The van der Waals surface area contributed by atoms with Gasteiger partial charge in [-0.05, 0) is 56.1 Å². The van der Waals surface area contributed by atoms with Crippen LogP contribution in [0.5, 0.6) is 0 Å². The van der Waals surface area contributed by atoms with Crippen LogP contribution >= 0.6 is 0 Å². The molecule has 0 spiro atoms. The lowest BCUT2D eigenvalue weighted by Gasteiger charge is -2.31. The third kappa shape index (κ3) is 4.96. The van der Waals surface area contributed by atoms with E-state index in [1.54, 1.807) is 21.4 Å². The highest BCUT2D eigenvalue weighted by Gasteiger charge is 2.30. The van der Waals surface area contributed by atoms with Gasteiger partial charge in [-0.15, -0.1) is 0 Å². The van der Waals surface area contributed by atoms with Crippen molar-refractivity contribution in [3.63, 3.8) is 0 Å². The molecule has 0 aliphatic carbocycles. The van der Waals surface area contributed by atoms with E-state index < -0.39 is 11.7 Å². The normalized spacial score (nSPS) is 15.9. The number of halogens is 3. The van der Waals surface area contributed by atoms with Crippen molar-refractivity contribution in [3.05, 3.63) is 87.6 Å². The molecule has 0 radical (unpaired) electrons. The molecule has 32 heavy (non-hydrogen) atoms. The zero-order chi connectivity index (χ0) is 22.7. The molecule has 1 aliphatic rings. The summed E-state index contributed by atoms with van der Waals surface area (Å²) in [4.78, 5) is 15.1. The molecule has 2 aromatic carbocycles. The zero-order valence-corrected chi connectivity index (χ0v) is 18.1. The van der Waals surface area contributed by atoms with E-state index in [2.05, 4.69) is 10.00 Å². The molecule has 0 unspecified atom stereocenters. The third-order valence-electron chi connectivity index (χ3n) is 6.08. The number of aromatic nitrogens is 3. The number of likely N-dealkylation sites (tertiary alicyclic amines) is 1. The monoisotopic (exact) mass is 444 g/mol. The summed E-state index contributed by atoms with van der Waals surface area (Å²) < 4.78 is 41.6. The van der Waals surface area contributed by atoms with E-state index in [4.69, 9.17) is 0 Å². The van der Waals surface area contributed by atoms with Crippen molar-refractivity contribution in [2.24, 2.45) is 0 Å².